The largest absolute Gasteiger partial charge is 0.533 e. The van der Waals surface area contributed by atoms with Crippen molar-refractivity contribution in [2.75, 3.05) is 0 Å². The maximum absolute atomic E-state index is 8.61. The smallest absolute Gasteiger partial charge is 0.00821 e. The fourth-order valence-electron chi connectivity index (χ4n) is 0.756. The topological polar surface area (TPSA) is 40.5 Å². The molecule has 0 bridgehead atoms. The summed E-state index contributed by atoms with van der Waals surface area (Å²) in [5, 5.41) is 17.2. The van der Waals surface area contributed by atoms with Gasteiger partial charge in [-0.15, -0.1) is 24.3 Å². The van der Waals surface area contributed by atoms with Crippen LogP contribution in [0.4, 0.5) is 0 Å². The van der Waals surface area contributed by atoms with E-state index in [1.54, 1.807) is 48.5 Å². The molecule has 3 heteroatoms. The van der Waals surface area contributed by atoms with Crippen molar-refractivity contribution in [3.05, 3.63) is 60.7 Å². The van der Waals surface area contributed by atoms with Crippen molar-refractivity contribution in [3.63, 3.8) is 0 Å². The molecule has 2 N–H and O–H groups in total. The molecule has 0 unspecified atom stereocenters. The van der Waals surface area contributed by atoms with Gasteiger partial charge in [0.1, 0.15) is 0 Å². The van der Waals surface area contributed by atoms with Gasteiger partial charge in [-0.3, -0.25) is 0 Å². The standard InChI is InChI=1S/2C6H5O.4C2H6.Y/c2*7-6-4-2-1-3-5-6;4*1-2;/h2*2-5,7H;4*1-2H3;/q2*-1;;;;;. The summed E-state index contributed by atoms with van der Waals surface area (Å²) in [7, 11) is 0. The molecule has 23 heavy (non-hydrogen) atoms. The predicted octanol–water partition coefficient (Wildman–Crippen LogP) is 6.49. The summed E-state index contributed by atoms with van der Waals surface area (Å²) in [4.78, 5) is 0. The zero-order valence-corrected chi connectivity index (χ0v) is 18.9. The van der Waals surface area contributed by atoms with E-state index in [-0.39, 0.29) is 32.7 Å². The molecule has 2 rings (SSSR count). The summed E-state index contributed by atoms with van der Waals surface area (Å²) in [6.45, 7) is 16.0. The third-order valence-electron chi connectivity index (χ3n) is 1.40. The van der Waals surface area contributed by atoms with Gasteiger partial charge in [0.2, 0.25) is 0 Å². The second-order valence-electron chi connectivity index (χ2n) is 2.52. The van der Waals surface area contributed by atoms with E-state index in [0.717, 1.165) is 0 Å². The van der Waals surface area contributed by atoms with Gasteiger partial charge >= 0.3 is 0 Å². The Labute approximate surface area is 169 Å². The van der Waals surface area contributed by atoms with Crippen LogP contribution in [0.25, 0.3) is 0 Å². The normalized spacial score (nSPS) is 6.26. The van der Waals surface area contributed by atoms with Crippen LogP contribution >= 0.6 is 0 Å². The molecule has 0 spiro atoms. The van der Waals surface area contributed by atoms with Crippen LogP contribution in [0.2, 0.25) is 0 Å². The van der Waals surface area contributed by atoms with Crippen molar-refractivity contribution in [1.82, 2.24) is 0 Å². The number of aromatic hydroxyl groups is 2. The second kappa shape index (κ2) is 37.4. The van der Waals surface area contributed by atoms with E-state index < -0.39 is 0 Å². The van der Waals surface area contributed by atoms with Crippen molar-refractivity contribution < 1.29 is 42.9 Å². The van der Waals surface area contributed by atoms with Gasteiger partial charge in [0.15, 0.2) is 0 Å². The summed E-state index contributed by atoms with van der Waals surface area (Å²) in [5.74, 6) is 0.581. The molecular formula is C20H34O2Y-2. The second-order valence-corrected chi connectivity index (χ2v) is 2.52. The average molecular weight is 395 g/mol. The first kappa shape index (κ1) is 33.7. The van der Waals surface area contributed by atoms with Crippen LogP contribution in [0.3, 0.4) is 0 Å². The molecule has 2 nitrogen and oxygen atoms in total. The third kappa shape index (κ3) is 33.8. The van der Waals surface area contributed by atoms with Crippen molar-refractivity contribution in [2.24, 2.45) is 0 Å². The number of phenols is 2. The Morgan fingerprint density at radius 3 is 0.783 bits per heavy atom. The van der Waals surface area contributed by atoms with Gasteiger partial charge in [0.05, 0.1) is 0 Å². The van der Waals surface area contributed by atoms with Gasteiger partial charge in [0.25, 0.3) is 0 Å². The zero-order valence-electron chi connectivity index (χ0n) is 16.1. The summed E-state index contributed by atoms with van der Waals surface area (Å²) in [5.41, 5.74) is 0. The van der Waals surface area contributed by atoms with E-state index in [0.29, 0.717) is 11.5 Å². The van der Waals surface area contributed by atoms with E-state index in [4.69, 9.17) is 10.2 Å². The van der Waals surface area contributed by atoms with Crippen LogP contribution in [0.15, 0.2) is 48.5 Å². The molecule has 0 saturated carbocycles. The molecular weight excluding hydrogens is 361 g/mol. The Morgan fingerprint density at radius 2 is 0.696 bits per heavy atom. The van der Waals surface area contributed by atoms with Crippen molar-refractivity contribution >= 4 is 0 Å². The Morgan fingerprint density at radius 1 is 0.522 bits per heavy atom. The van der Waals surface area contributed by atoms with Gasteiger partial charge in [0, 0.05) is 44.2 Å². The SMILES string of the molecule is CC.CC.CC.CC.Oc1cc[c-]cc1.Oc1cc[c-]cc1.[Y]. The Hall–Kier alpha value is -0.856. The van der Waals surface area contributed by atoms with E-state index in [2.05, 4.69) is 12.1 Å². The molecule has 0 heterocycles. The van der Waals surface area contributed by atoms with Gasteiger partial charge in [-0.2, -0.15) is 36.4 Å². The Kier molecular flexibility index (Phi) is 54.8. The monoisotopic (exact) mass is 395 g/mol. The number of benzene rings is 2. The minimum absolute atomic E-state index is 0. The molecule has 0 amide bonds. The van der Waals surface area contributed by atoms with Crippen molar-refractivity contribution in [1.29, 1.82) is 0 Å². The predicted molar refractivity (Wildman–Crippen MR) is 99.3 cm³/mol. The Bertz CT molecular complexity index is 313. The van der Waals surface area contributed by atoms with E-state index in [1.165, 1.54) is 0 Å². The fourth-order valence-corrected chi connectivity index (χ4v) is 0.756. The van der Waals surface area contributed by atoms with Gasteiger partial charge < -0.3 is 10.2 Å². The molecule has 0 saturated heterocycles. The first-order chi connectivity index (χ1) is 10.8. The van der Waals surface area contributed by atoms with Gasteiger partial charge in [-0.25, -0.2) is 0 Å². The molecule has 1 radical (unpaired) electrons. The third-order valence-corrected chi connectivity index (χ3v) is 1.40. The maximum Gasteiger partial charge on any atom is 0.00821 e. The van der Waals surface area contributed by atoms with Crippen LogP contribution in [0.1, 0.15) is 55.4 Å². The van der Waals surface area contributed by atoms with Crippen LogP contribution in [-0.2, 0) is 32.7 Å². The van der Waals surface area contributed by atoms with E-state index in [9.17, 15) is 0 Å². The molecule has 131 valence electrons. The summed E-state index contributed by atoms with van der Waals surface area (Å²) in [6.07, 6.45) is 0. The van der Waals surface area contributed by atoms with E-state index in [1.807, 2.05) is 55.4 Å². The number of hydrogen-bond acceptors (Lipinski definition) is 2. The minimum atomic E-state index is 0. The zero-order chi connectivity index (χ0) is 18.2. The maximum atomic E-state index is 8.61. The number of hydrogen-bond donors (Lipinski definition) is 2. The van der Waals surface area contributed by atoms with E-state index >= 15 is 0 Å². The summed E-state index contributed by atoms with van der Waals surface area (Å²) < 4.78 is 0. The van der Waals surface area contributed by atoms with Crippen LogP contribution < -0.4 is 0 Å². The molecule has 2 aromatic carbocycles. The molecule has 0 aromatic heterocycles. The number of rotatable bonds is 0. The average Bonchev–Trinajstić information content (AvgIpc) is 2.64. The quantitative estimate of drug-likeness (QED) is 0.501. The molecule has 0 fully saturated rings. The van der Waals surface area contributed by atoms with Crippen molar-refractivity contribution in [2.45, 2.75) is 55.4 Å². The first-order valence-electron chi connectivity index (χ1n) is 8.09. The molecule has 0 aliphatic rings. The van der Waals surface area contributed by atoms with Crippen LogP contribution in [0.5, 0.6) is 11.5 Å². The molecule has 0 aliphatic carbocycles. The van der Waals surface area contributed by atoms with Gasteiger partial charge in [-0.05, 0) is 0 Å². The van der Waals surface area contributed by atoms with Gasteiger partial charge in [-0.1, -0.05) is 55.4 Å². The molecule has 0 atom stereocenters. The van der Waals surface area contributed by atoms with Crippen LogP contribution in [-0.4, -0.2) is 10.2 Å². The fraction of sp³-hybridized carbons (Fsp3) is 0.400. The number of phenolic OH excluding ortho intramolecular Hbond substituents is 2. The minimum Gasteiger partial charge on any atom is -0.533 e. The summed E-state index contributed by atoms with van der Waals surface area (Å²) >= 11 is 0. The summed E-state index contributed by atoms with van der Waals surface area (Å²) in [6, 6.07) is 18.5. The molecule has 2 aromatic rings. The Balaban J connectivity index is -0.0000000639. The first-order valence-corrected chi connectivity index (χ1v) is 8.09. The van der Waals surface area contributed by atoms with Crippen molar-refractivity contribution in [3.8, 4) is 11.5 Å². The van der Waals surface area contributed by atoms with Crippen LogP contribution in [0, 0.1) is 12.1 Å². The molecule has 0 aliphatic heterocycles.